The lowest BCUT2D eigenvalue weighted by Crippen LogP contribution is -2.39. The largest absolute Gasteiger partial charge is 0.351 e. The topological polar surface area (TPSA) is 72.7 Å². The van der Waals surface area contributed by atoms with Crippen LogP contribution in [0.25, 0.3) is 5.69 Å². The summed E-state index contributed by atoms with van der Waals surface area (Å²) in [5.41, 5.74) is 3.06. The van der Waals surface area contributed by atoms with E-state index in [1.54, 1.807) is 6.07 Å². The quantitative estimate of drug-likeness (QED) is 0.554. The fourth-order valence-electron chi connectivity index (χ4n) is 3.47. The van der Waals surface area contributed by atoms with E-state index < -0.39 is 0 Å². The van der Waals surface area contributed by atoms with Crippen molar-refractivity contribution in [2.45, 2.75) is 12.3 Å². The van der Waals surface area contributed by atoms with Crippen molar-refractivity contribution in [3.8, 4) is 5.69 Å². The molecule has 0 bridgehead atoms. The highest BCUT2D eigenvalue weighted by Gasteiger charge is 2.29. The normalized spacial score (nSPS) is 11.2. The fourth-order valence-corrected chi connectivity index (χ4v) is 3.47. The minimum atomic E-state index is -0.373. The van der Waals surface area contributed by atoms with Crippen LogP contribution in [0.1, 0.15) is 28.4 Å². The number of nitrogens with zero attached hydrogens (tertiary/aromatic N) is 4. The van der Waals surface area contributed by atoms with Gasteiger partial charge in [-0.1, -0.05) is 72.8 Å². The molecule has 29 heavy (non-hydrogen) atoms. The molecule has 4 rings (SSSR count). The van der Waals surface area contributed by atoms with E-state index in [1.807, 2.05) is 54.6 Å². The van der Waals surface area contributed by atoms with E-state index in [4.69, 9.17) is 0 Å². The fraction of sp³-hybridized carbons (Fsp3) is 0.130. The highest BCUT2D eigenvalue weighted by atomic mass is 16.1. The Balaban J connectivity index is 1.63. The zero-order chi connectivity index (χ0) is 20.1. The minimum absolute atomic E-state index is 0.172. The zero-order valence-electron chi connectivity index (χ0n) is 16.1. The molecule has 6 heteroatoms. The lowest BCUT2D eigenvalue weighted by Gasteiger charge is -2.31. The predicted octanol–water partition coefficient (Wildman–Crippen LogP) is 3.40. The molecule has 0 fully saturated rings. The van der Waals surface area contributed by atoms with E-state index in [-0.39, 0.29) is 11.3 Å². The van der Waals surface area contributed by atoms with Crippen LogP contribution in [0.4, 0.5) is 0 Å². The molecule has 0 saturated heterocycles. The maximum atomic E-state index is 13.1. The molecule has 0 aliphatic carbocycles. The molecule has 3 aromatic carbocycles. The van der Waals surface area contributed by atoms with Gasteiger partial charge in [-0.05, 0) is 40.6 Å². The van der Waals surface area contributed by atoms with Crippen molar-refractivity contribution in [1.82, 2.24) is 25.5 Å². The second-order valence-electron chi connectivity index (χ2n) is 7.02. The molecule has 6 nitrogen and oxygen atoms in total. The molecule has 1 aromatic heterocycles. The first-order valence-electron chi connectivity index (χ1n) is 9.40. The van der Waals surface area contributed by atoms with E-state index in [0.29, 0.717) is 17.8 Å². The minimum Gasteiger partial charge on any atom is -0.351 e. The number of benzene rings is 3. The zero-order valence-corrected chi connectivity index (χ0v) is 16.1. The van der Waals surface area contributed by atoms with Gasteiger partial charge in [0.05, 0.1) is 11.3 Å². The highest BCUT2D eigenvalue weighted by Crippen LogP contribution is 2.31. The number of aromatic nitrogens is 4. The van der Waals surface area contributed by atoms with E-state index in [1.165, 1.54) is 11.0 Å². The third kappa shape index (κ3) is 3.78. The molecule has 0 radical (unpaired) electrons. The summed E-state index contributed by atoms with van der Waals surface area (Å²) in [4.78, 5) is 13.1. The van der Waals surface area contributed by atoms with Gasteiger partial charge in [0, 0.05) is 12.0 Å². The average molecular weight is 383 g/mol. The van der Waals surface area contributed by atoms with Crippen molar-refractivity contribution in [2.75, 3.05) is 6.54 Å². The summed E-state index contributed by atoms with van der Waals surface area (Å²) in [6.45, 7) is 2.59. The maximum Gasteiger partial charge on any atom is 0.253 e. The summed E-state index contributed by atoms with van der Waals surface area (Å²) < 4.78 is 1.49. The second-order valence-corrected chi connectivity index (χ2v) is 7.02. The first kappa shape index (κ1) is 18.6. The van der Waals surface area contributed by atoms with Crippen LogP contribution in [-0.4, -0.2) is 32.7 Å². The summed E-state index contributed by atoms with van der Waals surface area (Å²) in [7, 11) is 0. The smallest absolute Gasteiger partial charge is 0.253 e. The van der Waals surface area contributed by atoms with E-state index in [9.17, 15) is 4.79 Å². The van der Waals surface area contributed by atoms with Gasteiger partial charge in [-0.3, -0.25) is 4.79 Å². The summed E-state index contributed by atoms with van der Waals surface area (Å²) in [6, 6.07) is 27.7. The molecule has 1 heterocycles. The second kappa shape index (κ2) is 8.06. The van der Waals surface area contributed by atoms with Crippen LogP contribution >= 0.6 is 0 Å². The molecule has 1 amide bonds. The van der Waals surface area contributed by atoms with Crippen molar-refractivity contribution in [2.24, 2.45) is 0 Å². The van der Waals surface area contributed by atoms with Gasteiger partial charge in [0.15, 0.2) is 0 Å². The average Bonchev–Trinajstić information content (AvgIpc) is 3.33. The van der Waals surface area contributed by atoms with E-state index >= 15 is 0 Å². The van der Waals surface area contributed by atoms with Crippen LogP contribution in [-0.2, 0) is 5.41 Å². The Morgan fingerprint density at radius 2 is 1.48 bits per heavy atom. The van der Waals surface area contributed by atoms with Crippen LogP contribution in [0.2, 0.25) is 0 Å². The standard InChI is InChI=1S/C23H21N5O/c1-23(18-10-4-2-5-11-18,19-12-6-3-7-13-19)16-24-22(29)20-14-8-9-15-21(20)28-17-25-26-27-28/h2-15,17H,16H2,1H3,(H,24,29). The third-order valence-corrected chi connectivity index (χ3v) is 5.17. The van der Waals surface area contributed by atoms with Gasteiger partial charge in [0.2, 0.25) is 0 Å². The Kier molecular flexibility index (Phi) is 5.16. The predicted molar refractivity (Wildman–Crippen MR) is 111 cm³/mol. The lowest BCUT2D eigenvalue weighted by atomic mass is 9.76. The number of carbonyl (C=O) groups is 1. The van der Waals surface area contributed by atoms with Crippen LogP contribution in [0.15, 0.2) is 91.3 Å². The molecule has 144 valence electrons. The molecular weight excluding hydrogens is 362 g/mol. The van der Waals surface area contributed by atoms with Crippen LogP contribution < -0.4 is 5.32 Å². The molecule has 0 aliphatic rings. The molecular formula is C23H21N5O. The number of carbonyl (C=O) groups excluding carboxylic acids is 1. The van der Waals surface area contributed by atoms with Gasteiger partial charge in [-0.15, -0.1) is 5.10 Å². The van der Waals surface area contributed by atoms with Gasteiger partial charge < -0.3 is 5.32 Å². The summed E-state index contributed by atoms with van der Waals surface area (Å²) >= 11 is 0. The number of hydrogen-bond donors (Lipinski definition) is 1. The van der Waals surface area contributed by atoms with Gasteiger partial charge in [0.25, 0.3) is 5.91 Å². The van der Waals surface area contributed by atoms with Crippen molar-refractivity contribution < 1.29 is 4.79 Å². The van der Waals surface area contributed by atoms with Gasteiger partial charge in [-0.2, -0.15) is 4.68 Å². The van der Waals surface area contributed by atoms with Crippen LogP contribution in [0, 0.1) is 0 Å². The molecule has 0 spiro atoms. The molecule has 0 unspecified atom stereocenters. The number of hydrogen-bond acceptors (Lipinski definition) is 4. The Morgan fingerprint density at radius 1 is 0.897 bits per heavy atom. The lowest BCUT2D eigenvalue weighted by molar-refractivity contribution is 0.0947. The van der Waals surface area contributed by atoms with Crippen molar-refractivity contribution >= 4 is 5.91 Å². The van der Waals surface area contributed by atoms with Crippen molar-refractivity contribution in [3.63, 3.8) is 0 Å². The Hall–Kier alpha value is -3.80. The van der Waals surface area contributed by atoms with Crippen molar-refractivity contribution in [1.29, 1.82) is 0 Å². The Labute approximate surface area is 169 Å². The van der Waals surface area contributed by atoms with Gasteiger partial charge in [-0.25, -0.2) is 0 Å². The number of para-hydroxylation sites is 1. The van der Waals surface area contributed by atoms with Crippen LogP contribution in [0.5, 0.6) is 0 Å². The monoisotopic (exact) mass is 383 g/mol. The number of tetrazole rings is 1. The Morgan fingerprint density at radius 3 is 2.07 bits per heavy atom. The van der Waals surface area contributed by atoms with Gasteiger partial charge >= 0.3 is 0 Å². The first-order valence-corrected chi connectivity index (χ1v) is 9.40. The third-order valence-electron chi connectivity index (χ3n) is 5.17. The number of nitrogens with one attached hydrogen (secondary N) is 1. The van der Waals surface area contributed by atoms with Gasteiger partial charge in [0.1, 0.15) is 6.33 Å². The molecule has 0 aliphatic heterocycles. The van der Waals surface area contributed by atoms with Crippen LogP contribution in [0.3, 0.4) is 0 Å². The molecule has 4 aromatic rings. The SMILES string of the molecule is CC(CNC(=O)c1ccccc1-n1cnnn1)(c1ccccc1)c1ccccc1. The Bertz CT molecular complexity index is 1040. The maximum absolute atomic E-state index is 13.1. The summed E-state index contributed by atoms with van der Waals surface area (Å²) in [5.74, 6) is -0.172. The molecule has 1 N–H and O–H groups in total. The first-order chi connectivity index (χ1) is 14.2. The summed E-state index contributed by atoms with van der Waals surface area (Å²) in [6.07, 6.45) is 1.48. The number of rotatable bonds is 6. The van der Waals surface area contributed by atoms with E-state index in [0.717, 1.165) is 11.1 Å². The van der Waals surface area contributed by atoms with E-state index in [2.05, 4.69) is 52.0 Å². The van der Waals surface area contributed by atoms with Crippen molar-refractivity contribution in [3.05, 3.63) is 108 Å². The highest BCUT2D eigenvalue weighted by molar-refractivity contribution is 5.97. The molecule has 0 saturated carbocycles. The number of amides is 1. The molecule has 0 atom stereocenters. The summed E-state index contributed by atoms with van der Waals surface area (Å²) in [5, 5.41) is 14.4.